The van der Waals surface area contributed by atoms with E-state index in [1.165, 1.54) is 24.3 Å². The number of hydrogen-bond acceptors (Lipinski definition) is 2. The number of urea groups is 1. The van der Waals surface area contributed by atoms with Crippen molar-refractivity contribution in [1.29, 1.82) is 0 Å². The summed E-state index contributed by atoms with van der Waals surface area (Å²) in [5, 5.41) is 15.6. The monoisotopic (exact) mass is 342 g/mol. The molecular formula is C15H13Cl2FN2O2. The molecule has 1 unspecified atom stereocenters. The highest BCUT2D eigenvalue weighted by Gasteiger charge is 2.13. The van der Waals surface area contributed by atoms with Crippen molar-refractivity contribution < 1.29 is 14.3 Å². The van der Waals surface area contributed by atoms with Crippen LogP contribution < -0.4 is 10.6 Å². The van der Waals surface area contributed by atoms with Crippen molar-refractivity contribution in [1.82, 2.24) is 5.32 Å². The molecule has 0 saturated heterocycles. The van der Waals surface area contributed by atoms with Gasteiger partial charge in [0.2, 0.25) is 0 Å². The van der Waals surface area contributed by atoms with Gasteiger partial charge in [-0.3, -0.25) is 0 Å². The van der Waals surface area contributed by atoms with Gasteiger partial charge in [-0.2, -0.15) is 0 Å². The lowest BCUT2D eigenvalue weighted by molar-refractivity contribution is 0.175. The van der Waals surface area contributed by atoms with Gasteiger partial charge in [0.1, 0.15) is 5.82 Å². The topological polar surface area (TPSA) is 61.4 Å². The first-order valence-electron chi connectivity index (χ1n) is 6.40. The van der Waals surface area contributed by atoms with E-state index < -0.39 is 18.0 Å². The standard InChI is InChI=1S/C15H13Cl2FN2O2/c16-9-5-6-10(11(17)7-9)14(21)8-19-15(22)20-13-4-2-1-3-12(13)18/h1-7,14,21H,8H2,(H2,19,20,22). The van der Waals surface area contributed by atoms with Gasteiger partial charge in [0.15, 0.2) is 0 Å². The zero-order valence-electron chi connectivity index (χ0n) is 11.3. The van der Waals surface area contributed by atoms with Crippen molar-refractivity contribution >= 4 is 34.9 Å². The maximum Gasteiger partial charge on any atom is 0.319 e. The molecule has 2 aromatic carbocycles. The summed E-state index contributed by atoms with van der Waals surface area (Å²) < 4.78 is 13.4. The molecule has 4 nitrogen and oxygen atoms in total. The fourth-order valence-corrected chi connectivity index (χ4v) is 2.33. The lowest BCUT2D eigenvalue weighted by Gasteiger charge is -2.14. The third-order valence-corrected chi connectivity index (χ3v) is 3.46. The van der Waals surface area contributed by atoms with Crippen molar-refractivity contribution in [2.24, 2.45) is 0 Å². The average Bonchev–Trinajstić information content (AvgIpc) is 2.47. The highest BCUT2D eigenvalue weighted by Crippen LogP contribution is 2.25. The Morgan fingerprint density at radius 1 is 1.23 bits per heavy atom. The average molecular weight is 343 g/mol. The molecule has 0 spiro atoms. The van der Waals surface area contributed by atoms with Crippen LogP contribution in [0.1, 0.15) is 11.7 Å². The number of aliphatic hydroxyl groups excluding tert-OH is 1. The van der Waals surface area contributed by atoms with Crippen LogP contribution in [0.25, 0.3) is 0 Å². The molecule has 2 rings (SSSR count). The Morgan fingerprint density at radius 3 is 2.64 bits per heavy atom. The largest absolute Gasteiger partial charge is 0.387 e. The quantitative estimate of drug-likeness (QED) is 0.786. The maximum atomic E-state index is 13.4. The van der Waals surface area contributed by atoms with Crippen LogP contribution in [0, 0.1) is 5.82 Å². The minimum absolute atomic E-state index is 0.0546. The molecule has 0 aliphatic rings. The van der Waals surface area contributed by atoms with Crippen molar-refractivity contribution in [3.8, 4) is 0 Å². The van der Waals surface area contributed by atoms with Crippen LogP contribution in [0.15, 0.2) is 42.5 Å². The van der Waals surface area contributed by atoms with Gasteiger partial charge in [-0.15, -0.1) is 0 Å². The molecule has 2 aromatic rings. The molecule has 7 heteroatoms. The van der Waals surface area contributed by atoms with Crippen molar-refractivity contribution in [2.45, 2.75) is 6.10 Å². The SMILES string of the molecule is O=C(NCC(O)c1ccc(Cl)cc1Cl)Nc1ccccc1F. The first-order chi connectivity index (χ1) is 10.5. The van der Waals surface area contributed by atoms with E-state index in [0.717, 1.165) is 0 Å². The first kappa shape index (κ1) is 16.5. The van der Waals surface area contributed by atoms with Gasteiger partial charge in [0.05, 0.1) is 11.8 Å². The summed E-state index contributed by atoms with van der Waals surface area (Å²) in [5.41, 5.74) is 0.497. The van der Waals surface area contributed by atoms with Crippen molar-refractivity contribution in [3.05, 3.63) is 63.9 Å². The van der Waals surface area contributed by atoms with E-state index in [0.29, 0.717) is 15.6 Å². The first-order valence-corrected chi connectivity index (χ1v) is 7.15. The van der Waals surface area contributed by atoms with Crippen LogP contribution in [0.4, 0.5) is 14.9 Å². The lowest BCUT2D eigenvalue weighted by atomic mass is 10.1. The molecule has 1 atom stereocenters. The number of carbonyl (C=O) groups is 1. The van der Waals surface area contributed by atoms with Crippen LogP contribution in [0.3, 0.4) is 0 Å². The number of para-hydroxylation sites is 1. The molecule has 0 aliphatic heterocycles. The Morgan fingerprint density at radius 2 is 1.95 bits per heavy atom. The lowest BCUT2D eigenvalue weighted by Crippen LogP contribution is -2.32. The van der Waals surface area contributed by atoms with E-state index >= 15 is 0 Å². The minimum Gasteiger partial charge on any atom is -0.387 e. The summed E-state index contributed by atoms with van der Waals surface area (Å²) in [7, 11) is 0. The van der Waals surface area contributed by atoms with E-state index in [-0.39, 0.29) is 12.2 Å². The van der Waals surface area contributed by atoms with Gasteiger partial charge in [-0.05, 0) is 24.3 Å². The summed E-state index contributed by atoms with van der Waals surface area (Å²) in [6, 6.07) is 9.82. The molecule has 22 heavy (non-hydrogen) atoms. The summed E-state index contributed by atoms with van der Waals surface area (Å²) >= 11 is 11.7. The van der Waals surface area contributed by atoms with Crippen LogP contribution in [-0.4, -0.2) is 17.7 Å². The second-order valence-electron chi connectivity index (χ2n) is 4.50. The van der Waals surface area contributed by atoms with Gasteiger partial charge in [0.25, 0.3) is 0 Å². The molecule has 3 N–H and O–H groups in total. The number of halogens is 3. The number of benzene rings is 2. The number of amides is 2. The van der Waals surface area contributed by atoms with Crippen LogP contribution in [0.2, 0.25) is 10.0 Å². The van der Waals surface area contributed by atoms with Gasteiger partial charge in [-0.25, -0.2) is 9.18 Å². The third-order valence-electron chi connectivity index (χ3n) is 2.90. The predicted octanol–water partition coefficient (Wildman–Crippen LogP) is 3.99. The maximum absolute atomic E-state index is 13.4. The molecule has 0 fully saturated rings. The van der Waals surface area contributed by atoms with E-state index in [1.807, 2.05) is 0 Å². The Balaban J connectivity index is 1.92. The van der Waals surface area contributed by atoms with Crippen molar-refractivity contribution in [3.63, 3.8) is 0 Å². The number of aliphatic hydroxyl groups is 1. The fourth-order valence-electron chi connectivity index (χ4n) is 1.80. The second kappa shape index (κ2) is 7.45. The molecule has 0 aliphatic carbocycles. The highest BCUT2D eigenvalue weighted by molar-refractivity contribution is 6.35. The Bertz CT molecular complexity index is 682. The fraction of sp³-hybridized carbons (Fsp3) is 0.133. The zero-order chi connectivity index (χ0) is 16.1. The summed E-state index contributed by atoms with van der Waals surface area (Å²) in [6.07, 6.45) is -1.00. The van der Waals surface area contributed by atoms with Crippen LogP contribution in [-0.2, 0) is 0 Å². The van der Waals surface area contributed by atoms with Crippen molar-refractivity contribution in [2.75, 3.05) is 11.9 Å². The van der Waals surface area contributed by atoms with E-state index in [9.17, 15) is 14.3 Å². The number of anilines is 1. The normalized spacial score (nSPS) is 11.8. The molecule has 0 heterocycles. The molecule has 0 radical (unpaired) electrons. The van der Waals surface area contributed by atoms with E-state index in [2.05, 4.69) is 10.6 Å². The molecule has 0 aromatic heterocycles. The molecule has 0 saturated carbocycles. The molecular weight excluding hydrogens is 330 g/mol. The minimum atomic E-state index is -1.00. The smallest absolute Gasteiger partial charge is 0.319 e. The van der Waals surface area contributed by atoms with Crippen LogP contribution in [0.5, 0.6) is 0 Å². The van der Waals surface area contributed by atoms with Gasteiger partial charge in [-0.1, -0.05) is 41.4 Å². The zero-order valence-corrected chi connectivity index (χ0v) is 12.8. The number of carbonyl (C=O) groups excluding carboxylic acids is 1. The van der Waals surface area contributed by atoms with E-state index in [1.54, 1.807) is 18.2 Å². The summed E-state index contributed by atoms with van der Waals surface area (Å²) in [5.74, 6) is -0.543. The van der Waals surface area contributed by atoms with Crippen LogP contribution >= 0.6 is 23.2 Å². The number of rotatable bonds is 4. The van der Waals surface area contributed by atoms with Gasteiger partial charge < -0.3 is 15.7 Å². The van der Waals surface area contributed by atoms with Gasteiger partial charge >= 0.3 is 6.03 Å². The third kappa shape index (κ3) is 4.34. The summed E-state index contributed by atoms with van der Waals surface area (Å²) in [4.78, 5) is 11.7. The Kier molecular flexibility index (Phi) is 5.60. The Labute approximate surface area is 136 Å². The number of hydrogen-bond donors (Lipinski definition) is 3. The number of nitrogens with one attached hydrogen (secondary N) is 2. The van der Waals surface area contributed by atoms with E-state index in [4.69, 9.17) is 23.2 Å². The second-order valence-corrected chi connectivity index (χ2v) is 5.34. The summed E-state index contributed by atoms with van der Waals surface area (Å²) in [6.45, 7) is -0.0817. The highest BCUT2D eigenvalue weighted by atomic mass is 35.5. The Hall–Kier alpha value is -1.82. The van der Waals surface area contributed by atoms with Gasteiger partial charge in [0, 0.05) is 22.2 Å². The predicted molar refractivity (Wildman–Crippen MR) is 84.8 cm³/mol. The molecule has 2 amide bonds. The molecule has 116 valence electrons. The molecule has 0 bridgehead atoms.